The highest BCUT2D eigenvalue weighted by atomic mass is 19.1. The van der Waals surface area contributed by atoms with E-state index in [1.807, 2.05) is 56.3 Å². The van der Waals surface area contributed by atoms with Crippen molar-refractivity contribution in [3.05, 3.63) is 112 Å². The van der Waals surface area contributed by atoms with Gasteiger partial charge in [-0.05, 0) is 107 Å². The zero-order valence-electron chi connectivity index (χ0n) is 29.5. The lowest BCUT2D eigenvalue weighted by molar-refractivity contribution is -0.0375. The van der Waals surface area contributed by atoms with E-state index in [9.17, 15) is 9.18 Å². The van der Waals surface area contributed by atoms with Crippen molar-refractivity contribution in [1.29, 1.82) is 5.26 Å². The van der Waals surface area contributed by atoms with Gasteiger partial charge < -0.3 is 19.8 Å². The summed E-state index contributed by atoms with van der Waals surface area (Å²) in [6.45, 7) is 9.51. The van der Waals surface area contributed by atoms with Gasteiger partial charge >= 0.3 is 0 Å². The maximum Gasteiger partial charge on any atom is 0.255 e. The van der Waals surface area contributed by atoms with Crippen LogP contribution in [0.4, 0.5) is 10.1 Å². The Labute approximate surface area is 301 Å². The number of likely N-dealkylation sites (tertiary alicyclic amines) is 1. The molecule has 0 saturated carbocycles. The zero-order valence-corrected chi connectivity index (χ0v) is 29.5. The fraction of sp³-hybridized carbons (Fsp3) is 0.325. The molecule has 3 N–H and O–H groups in total. The SMILES string of the molecule is C[C@@H]1CCO1.Cc1[nH]nc2c(C)cc(NC(=O)c3ccc4nc(CN5CCC(c6cccc(OCc7ccc(C#N)cc7F)n6)CC5)[nH]c4c3)cc12. The van der Waals surface area contributed by atoms with Crippen LogP contribution in [0.2, 0.25) is 0 Å². The highest BCUT2D eigenvalue weighted by Crippen LogP contribution is 2.29. The molecule has 0 unspecified atom stereocenters. The monoisotopic (exact) mass is 700 g/mol. The first-order valence-corrected chi connectivity index (χ1v) is 17.6. The molecule has 1 amide bonds. The van der Waals surface area contributed by atoms with Crippen LogP contribution in [0.25, 0.3) is 21.9 Å². The minimum Gasteiger partial charge on any atom is -0.473 e. The van der Waals surface area contributed by atoms with Gasteiger partial charge in [0, 0.05) is 52.2 Å². The van der Waals surface area contributed by atoms with E-state index >= 15 is 0 Å². The normalized spacial score (nSPS) is 16.2. The topological polar surface area (TPSA) is 145 Å². The predicted molar refractivity (Wildman–Crippen MR) is 197 cm³/mol. The van der Waals surface area contributed by atoms with Gasteiger partial charge in [-0.1, -0.05) is 12.1 Å². The van der Waals surface area contributed by atoms with E-state index < -0.39 is 5.82 Å². The van der Waals surface area contributed by atoms with E-state index in [1.54, 1.807) is 24.3 Å². The molecule has 3 aromatic heterocycles. The molecule has 12 heteroatoms. The molecule has 5 heterocycles. The third kappa shape index (κ3) is 7.96. The van der Waals surface area contributed by atoms with Crippen molar-refractivity contribution in [3.8, 4) is 11.9 Å². The average molecular weight is 701 g/mol. The standard InChI is InChI=1S/C36H33FN8O2.C4H8O/c1-21-14-27(17-28-22(2)43-44-35(21)28)39-36(46)25-8-9-31-32(16-25)41-33(40-31)19-45-12-10-24(11-13-45)30-4-3-5-34(42-30)47-20-26-7-6-23(18-38)15-29(26)37;1-4-2-3-5-4/h3-9,14-17,24H,10-13,19-20H2,1-2H3,(H,39,46)(H,40,41)(H,43,44);4H,2-3H2,1H3/t;4-/m.1/s1. The number of hydrogen-bond acceptors (Lipinski definition) is 8. The van der Waals surface area contributed by atoms with Crippen LogP contribution in [-0.4, -0.2) is 61.8 Å². The van der Waals surface area contributed by atoms with Crippen LogP contribution in [0.1, 0.15) is 76.4 Å². The molecule has 266 valence electrons. The second-order valence-corrected chi connectivity index (χ2v) is 13.5. The van der Waals surface area contributed by atoms with Crippen molar-refractivity contribution < 1.29 is 18.7 Å². The third-order valence-electron chi connectivity index (χ3n) is 9.70. The summed E-state index contributed by atoms with van der Waals surface area (Å²) < 4.78 is 25.0. The number of fused-ring (bicyclic) bond motifs is 2. The summed E-state index contributed by atoms with van der Waals surface area (Å²) in [5.41, 5.74) is 7.40. The lowest BCUT2D eigenvalue weighted by atomic mass is 9.93. The van der Waals surface area contributed by atoms with E-state index in [0.29, 0.717) is 35.6 Å². The molecule has 1 atom stereocenters. The van der Waals surface area contributed by atoms with Gasteiger partial charge in [0.1, 0.15) is 18.2 Å². The number of anilines is 1. The Bertz CT molecular complexity index is 2260. The first kappa shape index (κ1) is 34.8. The Hall–Kier alpha value is -5.64. The average Bonchev–Trinajstić information content (AvgIpc) is 3.73. The van der Waals surface area contributed by atoms with Crippen molar-refractivity contribution in [3.63, 3.8) is 0 Å². The summed E-state index contributed by atoms with van der Waals surface area (Å²) in [4.78, 5) is 28.4. The van der Waals surface area contributed by atoms with Gasteiger partial charge in [0.25, 0.3) is 5.91 Å². The molecule has 8 rings (SSSR count). The number of aryl methyl sites for hydroxylation is 2. The Balaban J connectivity index is 0.000000776. The van der Waals surface area contributed by atoms with Crippen molar-refractivity contribution in [2.24, 2.45) is 0 Å². The number of piperidine rings is 1. The lowest BCUT2D eigenvalue weighted by Gasteiger charge is -2.31. The number of carbonyl (C=O) groups excluding carboxylic acids is 1. The highest BCUT2D eigenvalue weighted by molar-refractivity contribution is 6.07. The molecule has 6 aromatic rings. The largest absolute Gasteiger partial charge is 0.473 e. The first-order valence-electron chi connectivity index (χ1n) is 17.6. The van der Waals surface area contributed by atoms with E-state index in [1.165, 1.54) is 12.5 Å². The van der Waals surface area contributed by atoms with Crippen LogP contribution in [0.5, 0.6) is 5.88 Å². The van der Waals surface area contributed by atoms with E-state index in [2.05, 4.69) is 32.3 Å². The fourth-order valence-electron chi connectivity index (χ4n) is 6.54. The van der Waals surface area contributed by atoms with Gasteiger partial charge in [-0.25, -0.2) is 14.4 Å². The number of amides is 1. The molecular formula is C40H41FN8O3. The fourth-order valence-corrected chi connectivity index (χ4v) is 6.54. The highest BCUT2D eigenvalue weighted by Gasteiger charge is 2.23. The Morgan fingerprint density at radius 1 is 1.08 bits per heavy atom. The molecule has 3 aromatic carbocycles. The van der Waals surface area contributed by atoms with Crippen LogP contribution in [0, 0.1) is 31.0 Å². The lowest BCUT2D eigenvalue weighted by Crippen LogP contribution is -2.33. The second-order valence-electron chi connectivity index (χ2n) is 13.5. The summed E-state index contributed by atoms with van der Waals surface area (Å²) in [5.74, 6) is 0.951. The number of H-pyrrole nitrogens is 2. The summed E-state index contributed by atoms with van der Waals surface area (Å²) >= 11 is 0. The molecular weight excluding hydrogens is 659 g/mol. The number of aromatic amines is 2. The van der Waals surface area contributed by atoms with Crippen LogP contribution in [0.3, 0.4) is 0 Å². The number of halogens is 1. The number of aromatic nitrogens is 5. The molecule has 0 spiro atoms. The maximum atomic E-state index is 14.3. The number of rotatable bonds is 8. The molecule has 0 radical (unpaired) electrons. The number of ether oxygens (including phenoxy) is 2. The van der Waals surface area contributed by atoms with Crippen molar-refractivity contribution in [2.75, 3.05) is 25.0 Å². The number of benzene rings is 3. The maximum absolute atomic E-state index is 14.3. The predicted octanol–water partition coefficient (Wildman–Crippen LogP) is 7.47. The number of imidazole rings is 1. The number of nitrogens with zero attached hydrogens (tertiary/aromatic N) is 5. The second kappa shape index (κ2) is 15.3. The van der Waals surface area contributed by atoms with Crippen LogP contribution in [-0.2, 0) is 17.9 Å². The molecule has 0 aliphatic carbocycles. The molecule has 0 bridgehead atoms. The minimum absolute atomic E-state index is 0.0395. The van der Waals surface area contributed by atoms with Crippen LogP contribution >= 0.6 is 0 Å². The van der Waals surface area contributed by atoms with E-state index in [4.69, 9.17) is 24.7 Å². The molecule has 2 aliphatic heterocycles. The third-order valence-corrected chi connectivity index (χ3v) is 9.70. The van der Waals surface area contributed by atoms with Crippen molar-refractivity contribution >= 4 is 33.5 Å². The van der Waals surface area contributed by atoms with Crippen LogP contribution < -0.4 is 10.1 Å². The van der Waals surface area contributed by atoms with E-state index in [-0.39, 0.29) is 18.1 Å². The Morgan fingerprint density at radius 2 is 1.88 bits per heavy atom. The molecule has 11 nitrogen and oxygen atoms in total. The van der Waals surface area contributed by atoms with Gasteiger partial charge in [0.2, 0.25) is 5.88 Å². The summed E-state index contributed by atoms with van der Waals surface area (Å²) in [6, 6.07) is 21.4. The number of hydrogen-bond donors (Lipinski definition) is 3. The number of pyridine rings is 1. The molecule has 2 fully saturated rings. The van der Waals surface area contributed by atoms with Gasteiger partial charge in [0.15, 0.2) is 0 Å². The Kier molecular flexibility index (Phi) is 10.2. The summed E-state index contributed by atoms with van der Waals surface area (Å²) in [5, 5.41) is 20.3. The van der Waals surface area contributed by atoms with Gasteiger partial charge in [-0.3, -0.25) is 14.8 Å². The van der Waals surface area contributed by atoms with Crippen molar-refractivity contribution in [1.82, 2.24) is 30.0 Å². The zero-order chi connectivity index (χ0) is 36.2. The minimum atomic E-state index is -0.465. The van der Waals surface area contributed by atoms with Crippen molar-refractivity contribution in [2.45, 2.75) is 65.2 Å². The van der Waals surface area contributed by atoms with Gasteiger partial charge in [-0.15, -0.1) is 0 Å². The molecule has 2 saturated heterocycles. The first-order chi connectivity index (χ1) is 25.2. The quantitative estimate of drug-likeness (QED) is 0.148. The number of nitrogens with one attached hydrogen (secondary N) is 3. The van der Waals surface area contributed by atoms with E-state index in [0.717, 1.165) is 82.9 Å². The smallest absolute Gasteiger partial charge is 0.255 e. The van der Waals surface area contributed by atoms with Gasteiger partial charge in [-0.2, -0.15) is 10.4 Å². The number of nitriles is 1. The Morgan fingerprint density at radius 3 is 2.62 bits per heavy atom. The number of carbonyl (C=O) groups is 1. The molecule has 2 aliphatic rings. The van der Waals surface area contributed by atoms with Gasteiger partial charge in [0.05, 0.1) is 40.8 Å². The summed E-state index contributed by atoms with van der Waals surface area (Å²) in [6.07, 6.45) is 3.71. The van der Waals surface area contributed by atoms with Crippen LogP contribution in [0.15, 0.2) is 66.7 Å². The summed E-state index contributed by atoms with van der Waals surface area (Å²) in [7, 11) is 0. The molecule has 52 heavy (non-hydrogen) atoms.